The first-order valence-electron chi connectivity index (χ1n) is 11.3. The van der Waals surface area contributed by atoms with Crippen molar-refractivity contribution in [3.8, 4) is 28.7 Å². The molecule has 1 amide bonds. The van der Waals surface area contributed by atoms with Gasteiger partial charge in [0, 0.05) is 47.9 Å². The number of benzene rings is 2. The Morgan fingerprint density at radius 1 is 1.00 bits per heavy atom. The molecular formula is C26H21F4N3O6. The van der Waals surface area contributed by atoms with Crippen LogP contribution in [0.1, 0.15) is 10.4 Å². The number of methoxy groups -OCH3 is 1. The molecule has 2 N–H and O–H groups in total. The van der Waals surface area contributed by atoms with E-state index in [2.05, 4.69) is 15.3 Å². The highest BCUT2D eigenvalue weighted by Gasteiger charge is 2.20. The summed E-state index contributed by atoms with van der Waals surface area (Å²) < 4.78 is 76.2. The summed E-state index contributed by atoms with van der Waals surface area (Å²) in [5, 5.41) is 11.7. The van der Waals surface area contributed by atoms with Gasteiger partial charge >= 0.3 is 0 Å². The van der Waals surface area contributed by atoms with Gasteiger partial charge in [0.1, 0.15) is 24.7 Å². The fourth-order valence-electron chi connectivity index (χ4n) is 3.51. The zero-order valence-corrected chi connectivity index (χ0v) is 20.3. The van der Waals surface area contributed by atoms with Crippen LogP contribution >= 0.6 is 0 Å². The van der Waals surface area contributed by atoms with Crippen LogP contribution in [0.3, 0.4) is 0 Å². The molecule has 0 saturated carbocycles. The number of fused-ring (bicyclic) bond motifs is 1. The van der Waals surface area contributed by atoms with Crippen LogP contribution in [0.5, 0.6) is 28.7 Å². The van der Waals surface area contributed by atoms with E-state index in [1.54, 1.807) is 0 Å². The maximum Gasteiger partial charge on any atom is 0.272 e. The minimum absolute atomic E-state index is 0.0161. The molecule has 0 aliphatic rings. The lowest BCUT2D eigenvalue weighted by Gasteiger charge is -2.15. The Labute approximate surface area is 218 Å². The molecule has 4 aromatic rings. The van der Waals surface area contributed by atoms with E-state index in [1.807, 2.05) is 0 Å². The molecule has 2 heterocycles. The van der Waals surface area contributed by atoms with Gasteiger partial charge in [-0.05, 0) is 18.2 Å². The SMILES string of the molecule is COc1cc2c(Oc3c(F)cc(NC(=O)c4cnccc4OCC(F)F)cc3F)ccnc2cc1OCCO. The third-order valence-corrected chi connectivity index (χ3v) is 5.19. The summed E-state index contributed by atoms with van der Waals surface area (Å²) in [5.41, 5.74) is -0.107. The fraction of sp³-hybridized carbons (Fsp3) is 0.192. The van der Waals surface area contributed by atoms with Gasteiger partial charge in [-0.1, -0.05) is 0 Å². The molecule has 4 rings (SSSR count). The Bertz CT molecular complexity index is 1460. The molecule has 0 aliphatic carbocycles. The molecule has 39 heavy (non-hydrogen) atoms. The summed E-state index contributed by atoms with van der Waals surface area (Å²) in [7, 11) is 1.40. The van der Waals surface area contributed by atoms with Crippen LogP contribution in [0.15, 0.2) is 55.0 Å². The molecule has 13 heteroatoms. The van der Waals surface area contributed by atoms with Crippen LogP contribution in [0.4, 0.5) is 23.2 Å². The highest BCUT2D eigenvalue weighted by molar-refractivity contribution is 6.06. The highest BCUT2D eigenvalue weighted by Crippen LogP contribution is 2.38. The molecule has 0 bridgehead atoms. The van der Waals surface area contributed by atoms with Crippen molar-refractivity contribution >= 4 is 22.5 Å². The van der Waals surface area contributed by atoms with Gasteiger partial charge in [-0.3, -0.25) is 14.8 Å². The van der Waals surface area contributed by atoms with E-state index < -0.39 is 36.3 Å². The zero-order chi connectivity index (χ0) is 27.9. The Morgan fingerprint density at radius 2 is 1.74 bits per heavy atom. The summed E-state index contributed by atoms with van der Waals surface area (Å²) in [6.45, 7) is -1.16. The Balaban J connectivity index is 1.58. The zero-order valence-electron chi connectivity index (χ0n) is 20.3. The van der Waals surface area contributed by atoms with E-state index in [0.717, 1.165) is 18.3 Å². The molecule has 0 saturated heterocycles. The number of pyridine rings is 2. The van der Waals surface area contributed by atoms with E-state index in [1.165, 1.54) is 43.8 Å². The van der Waals surface area contributed by atoms with E-state index in [9.17, 15) is 22.4 Å². The summed E-state index contributed by atoms with van der Waals surface area (Å²) in [4.78, 5) is 20.6. The van der Waals surface area contributed by atoms with Gasteiger partial charge in [-0.2, -0.15) is 0 Å². The van der Waals surface area contributed by atoms with Crippen molar-refractivity contribution < 1.29 is 46.4 Å². The number of aliphatic hydroxyl groups excluding tert-OH is 1. The van der Waals surface area contributed by atoms with Crippen molar-refractivity contribution in [2.24, 2.45) is 0 Å². The second-order valence-electron chi connectivity index (χ2n) is 7.80. The molecule has 0 fully saturated rings. The number of hydrogen-bond donors (Lipinski definition) is 2. The monoisotopic (exact) mass is 547 g/mol. The lowest BCUT2D eigenvalue weighted by atomic mass is 10.1. The van der Waals surface area contributed by atoms with E-state index >= 15 is 0 Å². The van der Waals surface area contributed by atoms with Crippen LogP contribution in [-0.4, -0.2) is 54.3 Å². The largest absolute Gasteiger partial charge is 0.493 e. The standard InChI is InChI=1S/C26H21F4N3O6/c1-36-22-10-15-19(11-23(22)37-7-6-34)32-5-3-21(15)39-25-17(27)8-14(9-18(25)28)33-26(35)16-12-31-4-2-20(16)38-13-24(29)30/h2-5,8-12,24,34H,6-7,13H2,1H3,(H,33,35). The molecule has 0 spiro atoms. The van der Waals surface area contributed by atoms with Gasteiger partial charge in [0.2, 0.25) is 0 Å². The first kappa shape index (κ1) is 27.4. The van der Waals surface area contributed by atoms with Crippen LogP contribution in [0, 0.1) is 11.6 Å². The number of aromatic nitrogens is 2. The van der Waals surface area contributed by atoms with Gasteiger partial charge in [0.05, 0.1) is 24.8 Å². The minimum Gasteiger partial charge on any atom is -0.493 e. The molecule has 0 atom stereocenters. The number of nitrogens with one attached hydrogen (secondary N) is 1. The number of amides is 1. The number of aliphatic hydroxyl groups is 1. The maximum atomic E-state index is 15.0. The van der Waals surface area contributed by atoms with Crippen LogP contribution in [-0.2, 0) is 0 Å². The number of carbonyl (C=O) groups excluding carboxylic acids is 1. The number of alkyl halides is 2. The summed E-state index contributed by atoms with van der Waals surface area (Å²) >= 11 is 0. The molecule has 0 aliphatic heterocycles. The van der Waals surface area contributed by atoms with Gasteiger partial charge in [-0.15, -0.1) is 0 Å². The van der Waals surface area contributed by atoms with E-state index in [4.69, 9.17) is 24.1 Å². The molecule has 9 nitrogen and oxygen atoms in total. The topological polar surface area (TPSA) is 112 Å². The lowest BCUT2D eigenvalue weighted by molar-refractivity contribution is 0.0802. The summed E-state index contributed by atoms with van der Waals surface area (Å²) in [6.07, 6.45) is 0.907. The molecule has 0 unspecified atom stereocenters. The minimum atomic E-state index is -2.77. The van der Waals surface area contributed by atoms with E-state index in [-0.39, 0.29) is 41.7 Å². The lowest BCUT2D eigenvalue weighted by Crippen LogP contribution is -2.16. The van der Waals surface area contributed by atoms with Crippen molar-refractivity contribution in [2.45, 2.75) is 6.43 Å². The maximum absolute atomic E-state index is 15.0. The number of rotatable bonds is 11. The predicted octanol–water partition coefficient (Wildman–Crippen LogP) is 4.98. The van der Waals surface area contributed by atoms with Crippen molar-refractivity contribution in [1.82, 2.24) is 9.97 Å². The summed E-state index contributed by atoms with van der Waals surface area (Å²) in [6, 6.07) is 7.31. The predicted molar refractivity (Wildman–Crippen MR) is 131 cm³/mol. The third-order valence-electron chi connectivity index (χ3n) is 5.19. The smallest absolute Gasteiger partial charge is 0.272 e. The van der Waals surface area contributed by atoms with Gasteiger partial charge in [-0.25, -0.2) is 17.6 Å². The van der Waals surface area contributed by atoms with Gasteiger partial charge in [0.25, 0.3) is 12.3 Å². The highest BCUT2D eigenvalue weighted by atomic mass is 19.3. The molecule has 0 radical (unpaired) electrons. The van der Waals surface area contributed by atoms with Crippen LogP contribution in [0.25, 0.3) is 10.9 Å². The van der Waals surface area contributed by atoms with Gasteiger partial charge in [0.15, 0.2) is 28.9 Å². The number of anilines is 1. The number of halogens is 4. The van der Waals surface area contributed by atoms with E-state index in [0.29, 0.717) is 16.7 Å². The number of carbonyl (C=O) groups is 1. The molecular weight excluding hydrogens is 526 g/mol. The van der Waals surface area contributed by atoms with Crippen molar-refractivity contribution in [3.63, 3.8) is 0 Å². The Kier molecular flexibility index (Phi) is 8.61. The van der Waals surface area contributed by atoms with Crippen LogP contribution < -0.4 is 24.3 Å². The average Bonchev–Trinajstić information content (AvgIpc) is 2.92. The third kappa shape index (κ3) is 6.44. The quantitative estimate of drug-likeness (QED) is 0.253. The van der Waals surface area contributed by atoms with Crippen molar-refractivity contribution in [1.29, 1.82) is 0 Å². The van der Waals surface area contributed by atoms with Gasteiger partial charge < -0.3 is 29.4 Å². The molecule has 204 valence electrons. The Morgan fingerprint density at radius 3 is 2.44 bits per heavy atom. The number of ether oxygens (including phenoxy) is 4. The van der Waals surface area contributed by atoms with Crippen molar-refractivity contribution in [2.75, 3.05) is 32.2 Å². The fourth-order valence-corrected chi connectivity index (χ4v) is 3.51. The number of hydrogen-bond acceptors (Lipinski definition) is 8. The second kappa shape index (κ2) is 12.3. The first-order chi connectivity index (χ1) is 18.8. The van der Waals surface area contributed by atoms with Crippen LogP contribution in [0.2, 0.25) is 0 Å². The first-order valence-corrected chi connectivity index (χ1v) is 11.3. The molecule has 2 aromatic heterocycles. The van der Waals surface area contributed by atoms with Crippen molar-refractivity contribution in [3.05, 3.63) is 72.2 Å². The summed E-state index contributed by atoms with van der Waals surface area (Å²) in [5.74, 6) is -3.44. The Hall–Kier alpha value is -4.65. The average molecular weight is 547 g/mol. The second-order valence-corrected chi connectivity index (χ2v) is 7.80. The number of nitrogens with zero attached hydrogens (tertiary/aromatic N) is 2. The molecule has 2 aromatic carbocycles. The normalized spacial score (nSPS) is 10.9.